The maximum Gasteiger partial charge on any atom is 0.287 e. The number of rotatable bonds is 4. The van der Waals surface area contributed by atoms with Crippen LogP contribution in [0.3, 0.4) is 0 Å². The van der Waals surface area contributed by atoms with E-state index in [4.69, 9.17) is 4.42 Å². The summed E-state index contributed by atoms with van der Waals surface area (Å²) in [6.07, 6.45) is 3.68. The van der Waals surface area contributed by atoms with E-state index in [1.807, 2.05) is 19.1 Å². The summed E-state index contributed by atoms with van der Waals surface area (Å²) in [5, 5.41) is 3.05. The molecule has 0 spiro atoms. The van der Waals surface area contributed by atoms with Gasteiger partial charge in [-0.25, -0.2) is 8.42 Å². The van der Waals surface area contributed by atoms with Crippen LogP contribution in [0.4, 0.5) is 0 Å². The summed E-state index contributed by atoms with van der Waals surface area (Å²) >= 11 is 0. The van der Waals surface area contributed by atoms with Crippen molar-refractivity contribution >= 4 is 15.7 Å². The number of carbonyl (C=O) groups is 1. The molecule has 6 heteroatoms. The van der Waals surface area contributed by atoms with Gasteiger partial charge in [0, 0.05) is 11.8 Å². The van der Waals surface area contributed by atoms with Crippen molar-refractivity contribution in [2.24, 2.45) is 0 Å². The average Bonchev–Trinajstić information content (AvgIpc) is 2.93. The van der Waals surface area contributed by atoms with Gasteiger partial charge in [0.25, 0.3) is 5.91 Å². The Labute approximate surface area is 142 Å². The minimum atomic E-state index is -3.19. The number of benzene rings is 1. The van der Waals surface area contributed by atoms with Gasteiger partial charge < -0.3 is 9.73 Å². The van der Waals surface area contributed by atoms with Crippen molar-refractivity contribution in [3.05, 3.63) is 59.0 Å². The largest absolute Gasteiger partial charge is 0.455 e. The minimum absolute atomic E-state index is 0.147. The predicted octanol–water partition coefficient (Wildman–Crippen LogP) is 2.50. The summed E-state index contributed by atoms with van der Waals surface area (Å²) in [5.41, 5.74) is 2.25. The van der Waals surface area contributed by atoms with Gasteiger partial charge in [-0.3, -0.25) is 4.79 Å². The molecule has 1 aliphatic rings. The quantitative estimate of drug-likeness (QED) is 0.922. The fourth-order valence-electron chi connectivity index (χ4n) is 3.17. The fraction of sp³-hybridized carbons (Fsp3) is 0.389. The molecule has 1 atom stereocenters. The Balaban J connectivity index is 1.71. The smallest absolute Gasteiger partial charge is 0.287 e. The highest BCUT2D eigenvalue weighted by Gasteiger charge is 2.32. The van der Waals surface area contributed by atoms with Gasteiger partial charge in [-0.1, -0.05) is 24.3 Å². The number of fused-ring (bicyclic) bond motifs is 1. The SMILES string of the molecule is C[C@]1(NC(=O)c2ccc(CS(C)(=O)=O)o2)CCc2ccccc2C1. The third kappa shape index (κ3) is 3.87. The molecular formula is C18H21NO4S. The molecule has 1 aromatic heterocycles. The highest BCUT2D eigenvalue weighted by atomic mass is 32.2. The average molecular weight is 347 g/mol. The van der Waals surface area contributed by atoms with Crippen LogP contribution in [0.2, 0.25) is 0 Å². The van der Waals surface area contributed by atoms with E-state index in [-0.39, 0.29) is 28.7 Å². The Hall–Kier alpha value is -2.08. The van der Waals surface area contributed by atoms with E-state index in [1.54, 1.807) is 0 Å². The highest BCUT2D eigenvalue weighted by molar-refractivity contribution is 7.89. The van der Waals surface area contributed by atoms with Crippen molar-refractivity contribution in [1.82, 2.24) is 5.32 Å². The van der Waals surface area contributed by atoms with Gasteiger partial charge in [-0.05, 0) is 49.4 Å². The van der Waals surface area contributed by atoms with E-state index in [2.05, 4.69) is 17.4 Å². The number of nitrogens with one attached hydrogen (secondary N) is 1. The number of hydrogen-bond donors (Lipinski definition) is 1. The molecule has 0 bridgehead atoms. The van der Waals surface area contributed by atoms with E-state index in [0.717, 1.165) is 25.5 Å². The molecule has 0 unspecified atom stereocenters. The fourth-order valence-corrected chi connectivity index (χ4v) is 3.84. The second kappa shape index (κ2) is 6.09. The van der Waals surface area contributed by atoms with Crippen molar-refractivity contribution in [2.45, 2.75) is 37.5 Å². The van der Waals surface area contributed by atoms with Crippen molar-refractivity contribution in [1.29, 1.82) is 0 Å². The molecule has 1 aliphatic carbocycles. The number of hydrogen-bond acceptors (Lipinski definition) is 4. The lowest BCUT2D eigenvalue weighted by Gasteiger charge is -2.35. The van der Waals surface area contributed by atoms with Crippen LogP contribution in [0.1, 0.15) is 40.8 Å². The van der Waals surface area contributed by atoms with Crippen LogP contribution in [0.15, 0.2) is 40.8 Å². The maximum absolute atomic E-state index is 12.5. The number of sulfone groups is 1. The standard InChI is InChI=1S/C18H21NO4S/c1-18(10-9-13-5-3-4-6-14(13)11-18)19-17(20)16-8-7-15(23-16)12-24(2,21)22/h3-8H,9-12H2,1-2H3,(H,19,20)/t18-/m0/s1. The molecule has 1 heterocycles. The van der Waals surface area contributed by atoms with Gasteiger partial charge in [0.1, 0.15) is 11.5 Å². The van der Waals surface area contributed by atoms with Crippen LogP contribution in [-0.2, 0) is 28.4 Å². The third-order valence-corrected chi connectivity index (χ3v) is 5.16. The first-order valence-corrected chi connectivity index (χ1v) is 9.96. The maximum atomic E-state index is 12.5. The van der Waals surface area contributed by atoms with E-state index >= 15 is 0 Å². The number of aryl methyl sites for hydroxylation is 1. The molecule has 1 aromatic carbocycles. The molecule has 24 heavy (non-hydrogen) atoms. The first-order chi connectivity index (χ1) is 11.2. The Bertz CT molecular complexity index is 869. The Kier molecular flexibility index (Phi) is 4.25. The summed E-state index contributed by atoms with van der Waals surface area (Å²) < 4.78 is 28.0. The van der Waals surface area contributed by atoms with Crippen molar-refractivity contribution < 1.29 is 17.6 Å². The zero-order valence-corrected chi connectivity index (χ0v) is 14.7. The van der Waals surface area contributed by atoms with Gasteiger partial charge in [0.15, 0.2) is 15.6 Å². The summed E-state index contributed by atoms with van der Waals surface area (Å²) in [6.45, 7) is 2.03. The lowest BCUT2D eigenvalue weighted by Crippen LogP contribution is -2.49. The highest BCUT2D eigenvalue weighted by Crippen LogP contribution is 2.28. The van der Waals surface area contributed by atoms with Gasteiger partial charge in [-0.2, -0.15) is 0 Å². The number of amides is 1. The van der Waals surface area contributed by atoms with Crippen LogP contribution < -0.4 is 5.32 Å². The van der Waals surface area contributed by atoms with Gasteiger partial charge in [0.2, 0.25) is 0 Å². The van der Waals surface area contributed by atoms with Crippen LogP contribution in [0.5, 0.6) is 0 Å². The van der Waals surface area contributed by atoms with Crippen LogP contribution in [-0.4, -0.2) is 26.1 Å². The molecule has 2 aromatic rings. The van der Waals surface area contributed by atoms with Gasteiger partial charge >= 0.3 is 0 Å². The zero-order valence-electron chi connectivity index (χ0n) is 13.8. The number of furan rings is 1. The lowest BCUT2D eigenvalue weighted by atomic mass is 9.79. The van der Waals surface area contributed by atoms with Crippen molar-refractivity contribution in [2.75, 3.05) is 6.26 Å². The molecule has 0 saturated carbocycles. The Morgan fingerprint density at radius 1 is 1.21 bits per heavy atom. The monoisotopic (exact) mass is 347 g/mol. The molecule has 0 saturated heterocycles. The second-order valence-electron chi connectivity index (χ2n) is 6.80. The van der Waals surface area contributed by atoms with E-state index < -0.39 is 9.84 Å². The van der Waals surface area contributed by atoms with E-state index in [1.165, 1.54) is 23.3 Å². The van der Waals surface area contributed by atoms with Crippen LogP contribution in [0, 0.1) is 0 Å². The van der Waals surface area contributed by atoms with Gasteiger partial charge in [-0.15, -0.1) is 0 Å². The van der Waals surface area contributed by atoms with Crippen LogP contribution >= 0.6 is 0 Å². The molecule has 0 radical (unpaired) electrons. The summed E-state index contributed by atoms with van der Waals surface area (Å²) in [4.78, 5) is 12.5. The Morgan fingerprint density at radius 3 is 2.62 bits per heavy atom. The molecular weight excluding hydrogens is 326 g/mol. The van der Waals surface area contributed by atoms with Crippen LogP contribution in [0.25, 0.3) is 0 Å². The first-order valence-electron chi connectivity index (χ1n) is 7.90. The molecule has 0 fully saturated rings. The third-order valence-electron chi connectivity index (χ3n) is 4.35. The number of carbonyl (C=O) groups excluding carboxylic acids is 1. The molecule has 128 valence electrons. The minimum Gasteiger partial charge on any atom is -0.455 e. The van der Waals surface area contributed by atoms with Crippen molar-refractivity contribution in [3.8, 4) is 0 Å². The summed E-state index contributed by atoms with van der Waals surface area (Å²) in [5.74, 6) is -0.0857. The van der Waals surface area contributed by atoms with Crippen molar-refractivity contribution in [3.63, 3.8) is 0 Å². The van der Waals surface area contributed by atoms with Gasteiger partial charge in [0.05, 0.1) is 0 Å². The predicted molar refractivity (Wildman–Crippen MR) is 91.6 cm³/mol. The topological polar surface area (TPSA) is 76.4 Å². The zero-order chi connectivity index (χ0) is 17.4. The summed E-state index contributed by atoms with van der Waals surface area (Å²) in [6, 6.07) is 11.3. The van der Waals surface area contributed by atoms with E-state index in [0.29, 0.717) is 0 Å². The normalized spacial score (nSPS) is 20.4. The lowest BCUT2D eigenvalue weighted by molar-refractivity contribution is 0.0868. The molecule has 5 nitrogen and oxygen atoms in total. The first kappa shape index (κ1) is 16.8. The molecule has 3 rings (SSSR count). The Morgan fingerprint density at radius 2 is 1.92 bits per heavy atom. The molecule has 1 amide bonds. The van der Waals surface area contributed by atoms with E-state index in [9.17, 15) is 13.2 Å². The molecule has 0 aliphatic heterocycles. The second-order valence-corrected chi connectivity index (χ2v) is 8.94. The summed E-state index contributed by atoms with van der Waals surface area (Å²) in [7, 11) is -3.19. The molecule has 1 N–H and O–H groups in total.